The molecule has 0 saturated carbocycles. The van der Waals surface area contributed by atoms with Crippen molar-refractivity contribution in [2.24, 2.45) is 0 Å². The minimum atomic E-state index is -1.67. The van der Waals surface area contributed by atoms with Crippen LogP contribution in [-0.2, 0) is 25.5 Å². The van der Waals surface area contributed by atoms with Crippen LogP contribution in [0.5, 0.6) is 0 Å². The Kier molecular flexibility index (Phi) is 8.17. The molecule has 0 aromatic carbocycles. The van der Waals surface area contributed by atoms with Crippen molar-refractivity contribution < 1.29 is 38.9 Å². The fourth-order valence-corrected chi connectivity index (χ4v) is 5.40. The summed E-state index contributed by atoms with van der Waals surface area (Å²) in [5.41, 5.74) is 11.0. The molecule has 0 atom stereocenters. The molecule has 0 amide bonds. The number of esters is 2. The minimum Gasteiger partial charge on any atom is -0.449 e. The number of ether oxygens (including phenoxy) is 2. The molecule has 0 fully saturated rings. The molecule has 2 aliphatic rings. The summed E-state index contributed by atoms with van der Waals surface area (Å²) >= 11 is 0. The fourth-order valence-electron chi connectivity index (χ4n) is 5.40. The summed E-state index contributed by atoms with van der Waals surface area (Å²) in [6, 6.07) is 9.61. The van der Waals surface area contributed by atoms with E-state index in [0.717, 1.165) is 61.3 Å². The fraction of sp³-hybridized carbons (Fsp3) is 0.250. The summed E-state index contributed by atoms with van der Waals surface area (Å²) in [7, 11) is 0. The van der Waals surface area contributed by atoms with E-state index in [1.54, 1.807) is 0 Å². The number of aromatic amines is 2. The molecular weight excluding hydrogens is 568 g/mol. The average Bonchev–Trinajstić information content (AvgIpc) is 3.62. The predicted molar refractivity (Wildman–Crippen MR) is 162 cm³/mol. The smallest absolute Gasteiger partial charge is 0.449 e. The van der Waals surface area contributed by atoms with Crippen molar-refractivity contribution in [2.45, 2.75) is 53.4 Å². The van der Waals surface area contributed by atoms with Crippen molar-refractivity contribution in [2.75, 3.05) is 0 Å². The molecular formula is C32H30N4O8. The van der Waals surface area contributed by atoms with Crippen LogP contribution >= 0.6 is 0 Å². The molecule has 0 spiro atoms. The van der Waals surface area contributed by atoms with E-state index >= 15 is 0 Å². The SMILES string of the molecule is CC1=Cc2cc3[nH]c(cc4nc(cc5[nH]c(cc1n2)c(C)c5CCC(=O)OC(=O)O)C(CCC(=O)OC(=O)O)=C4C)cc3C. The van der Waals surface area contributed by atoms with Crippen molar-refractivity contribution in [3.8, 4) is 0 Å². The second-order valence-corrected chi connectivity index (χ2v) is 10.7. The molecule has 3 aromatic heterocycles. The summed E-state index contributed by atoms with van der Waals surface area (Å²) in [5.74, 6) is -1.76. The van der Waals surface area contributed by atoms with Crippen LogP contribution in [0.4, 0.5) is 9.59 Å². The van der Waals surface area contributed by atoms with Crippen molar-refractivity contribution in [3.63, 3.8) is 0 Å². The van der Waals surface area contributed by atoms with Crippen LogP contribution in [0.15, 0.2) is 30.3 Å². The van der Waals surface area contributed by atoms with E-state index in [4.69, 9.17) is 20.2 Å². The summed E-state index contributed by atoms with van der Waals surface area (Å²) < 4.78 is 8.61. The molecule has 12 heteroatoms. The van der Waals surface area contributed by atoms with Gasteiger partial charge in [-0.1, -0.05) is 0 Å². The summed E-state index contributed by atoms with van der Waals surface area (Å²) in [4.78, 5) is 62.5. The Balaban J connectivity index is 1.75. The Morgan fingerprint density at radius 2 is 1.39 bits per heavy atom. The van der Waals surface area contributed by atoms with Crippen LogP contribution in [0.25, 0.3) is 44.9 Å². The number of rotatable bonds is 6. The number of aryl methyl sites for hydroxylation is 3. The maximum absolute atomic E-state index is 12.1. The predicted octanol–water partition coefficient (Wildman–Crippen LogP) is 6.58. The summed E-state index contributed by atoms with van der Waals surface area (Å²) in [6.45, 7) is 7.74. The highest BCUT2D eigenvalue weighted by Crippen LogP contribution is 2.35. The van der Waals surface area contributed by atoms with Crippen LogP contribution in [-0.4, -0.2) is 54.4 Å². The number of allylic oxidation sites excluding steroid dienone is 3. The zero-order chi connectivity index (χ0) is 31.7. The van der Waals surface area contributed by atoms with E-state index in [1.807, 2.05) is 64.1 Å². The maximum atomic E-state index is 12.1. The van der Waals surface area contributed by atoms with Crippen LogP contribution < -0.4 is 0 Å². The van der Waals surface area contributed by atoms with Gasteiger partial charge in [0.25, 0.3) is 0 Å². The molecule has 5 rings (SSSR count). The van der Waals surface area contributed by atoms with Gasteiger partial charge in [-0.05, 0) is 110 Å². The molecule has 4 N–H and O–H groups in total. The first kappa shape index (κ1) is 30.0. The van der Waals surface area contributed by atoms with E-state index in [-0.39, 0.29) is 25.7 Å². The zero-order valence-electron chi connectivity index (χ0n) is 24.5. The lowest BCUT2D eigenvalue weighted by atomic mass is 10.0. The Hall–Kier alpha value is -5.52. The molecule has 8 bridgehead atoms. The van der Waals surface area contributed by atoms with E-state index in [2.05, 4.69) is 19.4 Å². The zero-order valence-corrected chi connectivity index (χ0v) is 24.5. The second kappa shape index (κ2) is 12.0. The molecule has 12 nitrogen and oxygen atoms in total. The number of carboxylic acid groups (broad SMARTS) is 2. The van der Waals surface area contributed by atoms with Gasteiger partial charge in [0.05, 0.1) is 35.6 Å². The quantitative estimate of drug-likeness (QED) is 0.178. The number of H-pyrrole nitrogens is 2. The molecule has 3 aromatic rings. The molecule has 5 heterocycles. The number of carbonyl (C=O) groups is 4. The van der Waals surface area contributed by atoms with Crippen molar-refractivity contribution in [3.05, 3.63) is 69.8 Å². The molecule has 0 saturated heterocycles. The highest BCUT2D eigenvalue weighted by molar-refractivity contribution is 5.94. The first-order valence-electron chi connectivity index (χ1n) is 13.9. The molecule has 0 radical (unpaired) electrons. The van der Waals surface area contributed by atoms with Crippen molar-refractivity contribution >= 4 is 69.1 Å². The molecule has 0 aliphatic carbocycles. The van der Waals surface area contributed by atoms with Gasteiger partial charge in [-0.15, -0.1) is 0 Å². The Labute approximate surface area is 251 Å². The van der Waals surface area contributed by atoms with Crippen molar-refractivity contribution in [1.29, 1.82) is 0 Å². The van der Waals surface area contributed by atoms with E-state index in [9.17, 15) is 19.2 Å². The van der Waals surface area contributed by atoms with Gasteiger partial charge < -0.3 is 29.7 Å². The van der Waals surface area contributed by atoms with Crippen LogP contribution in [0, 0.1) is 13.8 Å². The normalized spacial score (nSPS) is 12.6. The lowest BCUT2D eigenvalue weighted by molar-refractivity contribution is -0.140. The molecule has 2 aliphatic heterocycles. The third-order valence-electron chi connectivity index (χ3n) is 7.64. The number of hydrogen-bond acceptors (Lipinski definition) is 8. The number of fused-ring (bicyclic) bond motifs is 8. The first-order valence-corrected chi connectivity index (χ1v) is 13.9. The Morgan fingerprint density at radius 3 is 2.07 bits per heavy atom. The van der Waals surface area contributed by atoms with Gasteiger partial charge in [-0.25, -0.2) is 19.6 Å². The molecule has 226 valence electrons. The third kappa shape index (κ3) is 6.43. The van der Waals surface area contributed by atoms with Gasteiger partial charge >= 0.3 is 24.2 Å². The Morgan fingerprint density at radius 1 is 0.727 bits per heavy atom. The first-order chi connectivity index (χ1) is 20.9. The van der Waals surface area contributed by atoms with Crippen LogP contribution in [0.2, 0.25) is 0 Å². The Bertz CT molecular complexity index is 1960. The van der Waals surface area contributed by atoms with Crippen LogP contribution in [0.3, 0.4) is 0 Å². The number of carbonyl (C=O) groups excluding carboxylic acids is 2. The minimum absolute atomic E-state index is 0.172. The lowest BCUT2D eigenvalue weighted by Crippen LogP contribution is -2.10. The van der Waals surface area contributed by atoms with Gasteiger partial charge in [-0.2, -0.15) is 0 Å². The van der Waals surface area contributed by atoms with Gasteiger partial charge in [0.2, 0.25) is 0 Å². The van der Waals surface area contributed by atoms with Gasteiger partial charge in [-0.3, -0.25) is 9.59 Å². The molecule has 44 heavy (non-hydrogen) atoms. The van der Waals surface area contributed by atoms with E-state index < -0.39 is 24.2 Å². The number of hydrogen-bond donors (Lipinski definition) is 4. The monoisotopic (exact) mass is 598 g/mol. The topological polar surface area (TPSA) is 185 Å². The standard InChI is InChI=1S/C32H30N4O8/c1-15-9-20-12-25-17(3)21(5-7-29(37)43-31(39)40)27(35-25)14-28-22(6-8-30(38)44-32(41)42)18(4)26(36-28)13-24-16(2)10-19(34-24)11-23(15)33-20/h9-14,33,36H,5-8H2,1-4H3,(H,39,40)(H,41,42). The maximum Gasteiger partial charge on any atom is 0.513 e. The number of aromatic nitrogens is 4. The lowest BCUT2D eigenvalue weighted by Gasteiger charge is -2.04. The van der Waals surface area contributed by atoms with Gasteiger partial charge in [0.1, 0.15) is 0 Å². The highest BCUT2D eigenvalue weighted by atomic mass is 16.7. The average molecular weight is 599 g/mol. The second-order valence-electron chi connectivity index (χ2n) is 10.7. The van der Waals surface area contributed by atoms with E-state index in [0.29, 0.717) is 16.9 Å². The number of nitrogens with zero attached hydrogens (tertiary/aromatic N) is 2. The van der Waals surface area contributed by atoms with E-state index in [1.165, 1.54) is 0 Å². The van der Waals surface area contributed by atoms with Crippen LogP contribution in [0.1, 0.15) is 72.6 Å². The third-order valence-corrected chi connectivity index (χ3v) is 7.64. The highest BCUT2D eigenvalue weighted by Gasteiger charge is 2.21. The van der Waals surface area contributed by atoms with Gasteiger partial charge in [0.15, 0.2) is 0 Å². The largest absolute Gasteiger partial charge is 0.513 e. The summed E-state index contributed by atoms with van der Waals surface area (Å²) in [6.07, 6.45) is -1.33. The molecule has 0 unspecified atom stereocenters. The summed E-state index contributed by atoms with van der Waals surface area (Å²) in [5, 5.41) is 17.7. The van der Waals surface area contributed by atoms with Gasteiger partial charge in [0, 0.05) is 22.1 Å². The van der Waals surface area contributed by atoms with Crippen molar-refractivity contribution in [1.82, 2.24) is 19.9 Å². The number of nitrogens with one attached hydrogen (secondary N) is 2.